The van der Waals surface area contributed by atoms with Crippen molar-refractivity contribution in [2.24, 2.45) is 0 Å². The summed E-state index contributed by atoms with van der Waals surface area (Å²) < 4.78 is 10.7. The van der Waals surface area contributed by atoms with Crippen LogP contribution in [0.1, 0.15) is 25.7 Å². The van der Waals surface area contributed by atoms with E-state index in [1.165, 1.54) is 0 Å². The van der Waals surface area contributed by atoms with Gasteiger partial charge in [-0.25, -0.2) is 9.78 Å². The van der Waals surface area contributed by atoms with E-state index in [0.29, 0.717) is 12.6 Å². The number of para-hydroxylation sites is 2. The molecule has 1 saturated heterocycles. The Balaban J connectivity index is 1.38. The van der Waals surface area contributed by atoms with E-state index in [1.54, 1.807) is 4.90 Å². The number of aryl methyl sites for hydroxylation is 1. The van der Waals surface area contributed by atoms with Gasteiger partial charge in [0.15, 0.2) is 11.5 Å². The van der Waals surface area contributed by atoms with Crippen LogP contribution in [0, 0.1) is 0 Å². The normalized spacial score (nSPS) is 17.8. The Morgan fingerprint density at radius 2 is 2.35 bits per heavy atom. The SMILES string of the molecule is CCOC(=O)N1CC[C@@H](NCCCc2nc3ccccc3o2)C1. The molecule has 0 spiro atoms. The molecule has 1 fully saturated rings. The van der Waals surface area contributed by atoms with Gasteiger partial charge < -0.3 is 19.4 Å². The largest absolute Gasteiger partial charge is 0.450 e. The van der Waals surface area contributed by atoms with Crippen molar-refractivity contribution in [1.29, 1.82) is 0 Å². The molecular formula is C17H23N3O3. The first-order valence-electron chi connectivity index (χ1n) is 8.26. The highest BCUT2D eigenvalue weighted by Crippen LogP contribution is 2.15. The number of fused-ring (bicyclic) bond motifs is 1. The predicted octanol–water partition coefficient (Wildman–Crippen LogP) is 2.58. The van der Waals surface area contributed by atoms with Crippen LogP contribution >= 0.6 is 0 Å². The molecule has 2 aromatic rings. The molecule has 0 radical (unpaired) electrons. The summed E-state index contributed by atoms with van der Waals surface area (Å²) in [6, 6.07) is 8.17. The number of hydrogen-bond acceptors (Lipinski definition) is 5. The average molecular weight is 317 g/mol. The number of amides is 1. The molecule has 1 amide bonds. The van der Waals surface area contributed by atoms with Crippen molar-refractivity contribution in [3.05, 3.63) is 30.2 Å². The highest BCUT2D eigenvalue weighted by atomic mass is 16.6. The van der Waals surface area contributed by atoms with Crippen molar-refractivity contribution < 1.29 is 13.9 Å². The van der Waals surface area contributed by atoms with Crippen LogP contribution in [-0.2, 0) is 11.2 Å². The Morgan fingerprint density at radius 3 is 3.17 bits per heavy atom. The van der Waals surface area contributed by atoms with Crippen molar-refractivity contribution >= 4 is 17.2 Å². The maximum atomic E-state index is 11.6. The number of rotatable bonds is 6. The van der Waals surface area contributed by atoms with Crippen molar-refractivity contribution in [3.8, 4) is 0 Å². The molecule has 1 atom stereocenters. The monoisotopic (exact) mass is 317 g/mol. The predicted molar refractivity (Wildman–Crippen MR) is 87.3 cm³/mol. The number of aromatic nitrogens is 1. The van der Waals surface area contributed by atoms with Gasteiger partial charge in [0.1, 0.15) is 5.52 Å². The van der Waals surface area contributed by atoms with Crippen molar-refractivity contribution in [1.82, 2.24) is 15.2 Å². The number of nitrogens with zero attached hydrogens (tertiary/aromatic N) is 2. The van der Waals surface area contributed by atoms with Crippen molar-refractivity contribution in [2.45, 2.75) is 32.2 Å². The van der Waals surface area contributed by atoms with Crippen molar-refractivity contribution in [3.63, 3.8) is 0 Å². The molecule has 1 N–H and O–H groups in total. The molecule has 2 heterocycles. The lowest BCUT2D eigenvalue weighted by Crippen LogP contribution is -2.35. The van der Waals surface area contributed by atoms with Gasteiger partial charge >= 0.3 is 6.09 Å². The fraction of sp³-hybridized carbons (Fsp3) is 0.529. The minimum atomic E-state index is -0.205. The third-order valence-corrected chi connectivity index (χ3v) is 4.05. The van der Waals surface area contributed by atoms with E-state index in [4.69, 9.17) is 9.15 Å². The molecule has 6 nitrogen and oxygen atoms in total. The van der Waals surface area contributed by atoms with Crippen LogP contribution < -0.4 is 5.32 Å². The number of carbonyl (C=O) groups excluding carboxylic acids is 1. The summed E-state index contributed by atoms with van der Waals surface area (Å²) in [5, 5.41) is 3.49. The molecule has 1 aromatic heterocycles. The highest BCUT2D eigenvalue weighted by Gasteiger charge is 2.26. The fourth-order valence-electron chi connectivity index (χ4n) is 2.88. The van der Waals surface area contributed by atoms with Gasteiger partial charge in [0, 0.05) is 25.6 Å². The Morgan fingerprint density at radius 1 is 1.48 bits per heavy atom. The van der Waals surface area contributed by atoms with Gasteiger partial charge in [-0.15, -0.1) is 0 Å². The second kappa shape index (κ2) is 7.46. The first kappa shape index (κ1) is 15.8. The molecule has 0 saturated carbocycles. The summed E-state index contributed by atoms with van der Waals surface area (Å²) in [5.74, 6) is 0.785. The second-order valence-corrected chi connectivity index (χ2v) is 5.76. The van der Waals surface area contributed by atoms with Gasteiger partial charge in [0.2, 0.25) is 0 Å². The summed E-state index contributed by atoms with van der Waals surface area (Å²) in [7, 11) is 0. The quantitative estimate of drug-likeness (QED) is 0.829. The van der Waals surface area contributed by atoms with Crippen LogP contribution in [0.3, 0.4) is 0 Å². The molecule has 0 bridgehead atoms. The Kier molecular flexibility index (Phi) is 5.12. The summed E-state index contributed by atoms with van der Waals surface area (Å²) >= 11 is 0. The molecule has 3 rings (SSSR count). The molecule has 0 aliphatic carbocycles. The van der Waals surface area contributed by atoms with E-state index in [-0.39, 0.29) is 6.09 Å². The van der Waals surface area contributed by atoms with E-state index in [2.05, 4.69) is 10.3 Å². The van der Waals surface area contributed by atoms with Gasteiger partial charge in [0.05, 0.1) is 6.61 Å². The third kappa shape index (κ3) is 4.01. The molecule has 23 heavy (non-hydrogen) atoms. The number of benzene rings is 1. The lowest BCUT2D eigenvalue weighted by atomic mass is 10.2. The lowest BCUT2D eigenvalue weighted by Gasteiger charge is -2.16. The maximum Gasteiger partial charge on any atom is 0.409 e. The summed E-state index contributed by atoms with van der Waals surface area (Å²) in [5.41, 5.74) is 1.76. The topological polar surface area (TPSA) is 67.6 Å². The molecule has 1 aliphatic rings. The zero-order valence-corrected chi connectivity index (χ0v) is 13.5. The number of hydrogen-bond donors (Lipinski definition) is 1. The van der Waals surface area contributed by atoms with E-state index in [9.17, 15) is 4.79 Å². The van der Waals surface area contributed by atoms with Crippen LogP contribution in [0.15, 0.2) is 28.7 Å². The third-order valence-electron chi connectivity index (χ3n) is 4.05. The van der Waals surface area contributed by atoms with E-state index >= 15 is 0 Å². The Hall–Kier alpha value is -2.08. The van der Waals surface area contributed by atoms with Gasteiger partial charge in [-0.1, -0.05) is 12.1 Å². The Labute approximate surface area is 135 Å². The molecule has 6 heteroatoms. The maximum absolute atomic E-state index is 11.6. The van der Waals surface area contributed by atoms with E-state index < -0.39 is 0 Å². The van der Waals surface area contributed by atoms with Gasteiger partial charge in [-0.3, -0.25) is 0 Å². The van der Waals surface area contributed by atoms with Crippen LogP contribution in [0.25, 0.3) is 11.1 Å². The first-order chi connectivity index (χ1) is 11.3. The smallest absolute Gasteiger partial charge is 0.409 e. The Bertz CT molecular complexity index is 622. The zero-order valence-electron chi connectivity index (χ0n) is 13.5. The summed E-state index contributed by atoms with van der Waals surface area (Å²) in [6.07, 6.45) is 2.55. The minimum absolute atomic E-state index is 0.205. The van der Waals surface area contributed by atoms with Crippen molar-refractivity contribution in [2.75, 3.05) is 26.2 Å². The molecule has 1 aromatic carbocycles. The van der Waals surface area contributed by atoms with Crippen LogP contribution in [-0.4, -0.2) is 48.3 Å². The van der Waals surface area contributed by atoms with E-state index in [0.717, 1.165) is 55.9 Å². The van der Waals surface area contributed by atoms with Crippen LogP contribution in [0.4, 0.5) is 4.79 Å². The van der Waals surface area contributed by atoms with Gasteiger partial charge in [-0.2, -0.15) is 0 Å². The minimum Gasteiger partial charge on any atom is -0.450 e. The first-order valence-corrected chi connectivity index (χ1v) is 8.26. The number of ether oxygens (including phenoxy) is 1. The second-order valence-electron chi connectivity index (χ2n) is 5.76. The van der Waals surface area contributed by atoms with Crippen LogP contribution in [0.2, 0.25) is 0 Å². The highest BCUT2D eigenvalue weighted by molar-refractivity contribution is 5.72. The number of likely N-dealkylation sites (tertiary alicyclic amines) is 1. The standard InChI is InChI=1S/C17H23N3O3/c1-2-22-17(21)20-11-9-13(12-20)18-10-5-8-16-19-14-6-3-4-7-15(14)23-16/h3-4,6-7,13,18H,2,5,8-12H2,1H3/t13-/m1/s1. The fourth-order valence-corrected chi connectivity index (χ4v) is 2.88. The molecule has 1 aliphatic heterocycles. The molecule has 124 valence electrons. The number of carbonyl (C=O) groups is 1. The summed E-state index contributed by atoms with van der Waals surface area (Å²) in [4.78, 5) is 17.9. The van der Waals surface area contributed by atoms with Gasteiger partial charge in [-0.05, 0) is 38.4 Å². The van der Waals surface area contributed by atoms with Gasteiger partial charge in [0.25, 0.3) is 0 Å². The van der Waals surface area contributed by atoms with Crippen LogP contribution in [0.5, 0.6) is 0 Å². The summed E-state index contributed by atoms with van der Waals surface area (Å²) in [6.45, 7) is 4.64. The average Bonchev–Trinajstić information content (AvgIpc) is 3.18. The lowest BCUT2D eigenvalue weighted by molar-refractivity contribution is 0.115. The number of oxazole rings is 1. The molecule has 0 unspecified atom stereocenters. The zero-order chi connectivity index (χ0) is 16.1. The van der Waals surface area contributed by atoms with E-state index in [1.807, 2.05) is 31.2 Å². The molecular weight excluding hydrogens is 294 g/mol. The number of nitrogens with one attached hydrogen (secondary N) is 1.